The van der Waals surface area contributed by atoms with E-state index in [2.05, 4.69) is 0 Å². The molecule has 5 heteroatoms. The highest BCUT2D eigenvalue weighted by Crippen LogP contribution is 2.23. The Kier molecular flexibility index (Phi) is 3.04. The van der Waals surface area contributed by atoms with Crippen LogP contribution in [0.15, 0.2) is 24.3 Å². The molecule has 1 aliphatic heterocycles. The second-order valence-electron chi connectivity index (χ2n) is 4.34. The molecule has 1 aromatic carbocycles. The molecule has 1 saturated heterocycles. The summed E-state index contributed by atoms with van der Waals surface area (Å²) in [4.78, 5) is 13.7. The van der Waals surface area contributed by atoms with Gasteiger partial charge in [-0.15, -0.1) is 0 Å². The predicted molar refractivity (Wildman–Crippen MR) is 63.9 cm³/mol. The van der Waals surface area contributed by atoms with Crippen molar-refractivity contribution in [2.24, 2.45) is 5.73 Å². The summed E-state index contributed by atoms with van der Waals surface area (Å²) in [6, 6.07) is 6.42. The van der Waals surface area contributed by atoms with E-state index in [1.54, 1.807) is 19.2 Å². The highest BCUT2D eigenvalue weighted by atomic mass is 16.5. The Balaban J connectivity index is 2.17. The van der Waals surface area contributed by atoms with E-state index in [4.69, 9.17) is 10.5 Å². The number of nitrogens with two attached hydrogens (primary N) is 1. The zero-order chi connectivity index (χ0) is 12.5. The largest absolute Gasteiger partial charge is 0.508 e. The van der Waals surface area contributed by atoms with Crippen LogP contribution in [-0.4, -0.2) is 36.8 Å². The number of benzene rings is 1. The van der Waals surface area contributed by atoms with E-state index < -0.39 is 5.54 Å². The molecule has 1 heterocycles. The van der Waals surface area contributed by atoms with Gasteiger partial charge in [0.15, 0.2) is 0 Å². The Morgan fingerprint density at radius 1 is 1.47 bits per heavy atom. The van der Waals surface area contributed by atoms with Crippen LogP contribution in [0.3, 0.4) is 0 Å². The number of amides is 1. The van der Waals surface area contributed by atoms with Crippen molar-refractivity contribution in [2.75, 3.05) is 25.2 Å². The van der Waals surface area contributed by atoms with Gasteiger partial charge in [0.25, 0.3) is 0 Å². The highest BCUT2D eigenvalue weighted by Gasteiger charge is 2.40. The molecule has 3 N–H and O–H groups in total. The minimum Gasteiger partial charge on any atom is -0.508 e. The third-order valence-electron chi connectivity index (χ3n) is 3.02. The molecule has 92 valence electrons. The minimum absolute atomic E-state index is 0.166. The van der Waals surface area contributed by atoms with E-state index in [0.717, 1.165) is 0 Å². The van der Waals surface area contributed by atoms with Crippen LogP contribution >= 0.6 is 0 Å². The molecule has 0 spiro atoms. The lowest BCUT2D eigenvalue weighted by Gasteiger charge is -2.27. The van der Waals surface area contributed by atoms with Gasteiger partial charge in [-0.3, -0.25) is 4.79 Å². The molecule has 1 atom stereocenters. The molecule has 1 aromatic rings. The summed E-state index contributed by atoms with van der Waals surface area (Å²) in [6.07, 6.45) is 0.536. The summed E-state index contributed by atoms with van der Waals surface area (Å²) in [5.41, 5.74) is 5.78. The summed E-state index contributed by atoms with van der Waals surface area (Å²) >= 11 is 0. The fourth-order valence-electron chi connectivity index (χ4n) is 1.88. The Hall–Kier alpha value is -1.59. The van der Waals surface area contributed by atoms with Crippen molar-refractivity contribution in [3.05, 3.63) is 24.3 Å². The zero-order valence-corrected chi connectivity index (χ0v) is 9.72. The van der Waals surface area contributed by atoms with Gasteiger partial charge >= 0.3 is 0 Å². The van der Waals surface area contributed by atoms with Gasteiger partial charge < -0.3 is 20.5 Å². The van der Waals surface area contributed by atoms with Gasteiger partial charge in [0.1, 0.15) is 11.3 Å². The molecule has 1 fully saturated rings. The number of phenolic OH excluding ortho intramolecular Hbond substituents is 1. The van der Waals surface area contributed by atoms with Crippen molar-refractivity contribution in [3.8, 4) is 5.75 Å². The fourth-order valence-corrected chi connectivity index (χ4v) is 1.88. The second-order valence-corrected chi connectivity index (χ2v) is 4.34. The van der Waals surface area contributed by atoms with Crippen LogP contribution in [0.2, 0.25) is 0 Å². The van der Waals surface area contributed by atoms with Gasteiger partial charge in [0.2, 0.25) is 5.91 Å². The van der Waals surface area contributed by atoms with Crippen LogP contribution in [0, 0.1) is 0 Å². The number of rotatable bonds is 2. The molecule has 0 aliphatic carbocycles. The fraction of sp³-hybridized carbons (Fsp3) is 0.417. The third kappa shape index (κ3) is 2.25. The van der Waals surface area contributed by atoms with Gasteiger partial charge in [-0.05, 0) is 30.7 Å². The first-order chi connectivity index (χ1) is 8.03. The lowest BCUT2D eigenvalue weighted by molar-refractivity contribution is -0.123. The van der Waals surface area contributed by atoms with Crippen molar-refractivity contribution in [1.82, 2.24) is 0 Å². The summed E-state index contributed by atoms with van der Waals surface area (Å²) in [7, 11) is 1.67. The zero-order valence-electron chi connectivity index (χ0n) is 9.72. The van der Waals surface area contributed by atoms with Gasteiger partial charge in [-0.25, -0.2) is 0 Å². The monoisotopic (exact) mass is 236 g/mol. The molecule has 0 radical (unpaired) electrons. The van der Waals surface area contributed by atoms with Crippen LogP contribution in [-0.2, 0) is 9.53 Å². The number of phenols is 1. The van der Waals surface area contributed by atoms with Crippen LogP contribution in [0.5, 0.6) is 5.75 Å². The lowest BCUT2D eigenvalue weighted by Crippen LogP contribution is -2.55. The standard InChI is InChI=1S/C12H16N2O3/c1-14(9-2-4-10(15)5-3-9)11(16)12(13)6-7-17-8-12/h2-5,15H,6-8,13H2,1H3. The van der Waals surface area contributed by atoms with Crippen LogP contribution in [0.4, 0.5) is 5.69 Å². The number of hydrogen-bond donors (Lipinski definition) is 2. The Morgan fingerprint density at radius 3 is 2.65 bits per heavy atom. The number of carbonyl (C=O) groups excluding carboxylic acids is 1. The average molecular weight is 236 g/mol. The van der Waals surface area contributed by atoms with E-state index in [9.17, 15) is 9.90 Å². The molecule has 17 heavy (non-hydrogen) atoms. The molecule has 0 bridgehead atoms. The number of ether oxygens (including phenoxy) is 1. The summed E-state index contributed by atoms with van der Waals surface area (Å²) in [5.74, 6) is 0.00181. The quantitative estimate of drug-likeness (QED) is 0.782. The molecular formula is C12H16N2O3. The second kappa shape index (κ2) is 4.35. The summed E-state index contributed by atoms with van der Waals surface area (Å²) in [6.45, 7) is 0.778. The number of nitrogens with zero attached hydrogens (tertiary/aromatic N) is 1. The van der Waals surface area contributed by atoms with Gasteiger partial charge in [-0.1, -0.05) is 0 Å². The smallest absolute Gasteiger partial charge is 0.249 e. The van der Waals surface area contributed by atoms with Crippen molar-refractivity contribution < 1.29 is 14.6 Å². The lowest BCUT2D eigenvalue weighted by atomic mass is 9.98. The third-order valence-corrected chi connectivity index (χ3v) is 3.02. The number of aromatic hydroxyl groups is 1. The first-order valence-corrected chi connectivity index (χ1v) is 5.47. The Bertz CT molecular complexity index is 410. The highest BCUT2D eigenvalue weighted by molar-refractivity contribution is 6.00. The van der Waals surface area contributed by atoms with Gasteiger partial charge in [0, 0.05) is 19.3 Å². The van der Waals surface area contributed by atoms with Crippen molar-refractivity contribution in [3.63, 3.8) is 0 Å². The number of likely N-dealkylation sites (N-methyl/N-ethyl adjacent to an activating group) is 1. The van der Waals surface area contributed by atoms with Crippen molar-refractivity contribution >= 4 is 11.6 Å². The normalized spacial score (nSPS) is 23.6. The van der Waals surface area contributed by atoms with Gasteiger partial charge in [0.05, 0.1) is 6.61 Å². The Labute approximate surface area is 99.8 Å². The number of hydrogen-bond acceptors (Lipinski definition) is 4. The van der Waals surface area contributed by atoms with Crippen molar-refractivity contribution in [1.29, 1.82) is 0 Å². The van der Waals surface area contributed by atoms with E-state index in [-0.39, 0.29) is 18.3 Å². The molecular weight excluding hydrogens is 220 g/mol. The average Bonchev–Trinajstić information content (AvgIpc) is 2.76. The van der Waals surface area contributed by atoms with Crippen LogP contribution in [0.1, 0.15) is 6.42 Å². The maximum atomic E-state index is 12.2. The van der Waals surface area contributed by atoms with E-state index in [0.29, 0.717) is 18.7 Å². The Morgan fingerprint density at radius 2 is 2.12 bits per heavy atom. The topological polar surface area (TPSA) is 75.8 Å². The molecule has 1 unspecified atom stereocenters. The van der Waals surface area contributed by atoms with E-state index >= 15 is 0 Å². The first kappa shape index (κ1) is 11.9. The molecule has 5 nitrogen and oxygen atoms in total. The molecule has 1 amide bonds. The predicted octanol–water partition coefficient (Wildman–Crippen LogP) is 0.473. The van der Waals surface area contributed by atoms with Crippen molar-refractivity contribution in [2.45, 2.75) is 12.0 Å². The molecule has 2 rings (SSSR count). The first-order valence-electron chi connectivity index (χ1n) is 5.47. The SMILES string of the molecule is CN(C(=O)C1(N)CCOC1)c1ccc(O)cc1. The minimum atomic E-state index is -0.924. The molecule has 0 aromatic heterocycles. The van der Waals surface area contributed by atoms with Crippen LogP contribution in [0.25, 0.3) is 0 Å². The molecule has 1 aliphatic rings. The van der Waals surface area contributed by atoms with E-state index in [1.807, 2.05) is 0 Å². The van der Waals surface area contributed by atoms with Crippen LogP contribution < -0.4 is 10.6 Å². The maximum absolute atomic E-state index is 12.2. The molecule has 0 saturated carbocycles. The summed E-state index contributed by atoms with van der Waals surface area (Å²) < 4.78 is 5.17. The van der Waals surface area contributed by atoms with E-state index in [1.165, 1.54) is 17.0 Å². The maximum Gasteiger partial charge on any atom is 0.249 e. The number of carbonyl (C=O) groups is 1. The van der Waals surface area contributed by atoms with Gasteiger partial charge in [-0.2, -0.15) is 0 Å². The number of anilines is 1. The summed E-state index contributed by atoms with van der Waals surface area (Å²) in [5, 5.41) is 9.19.